The van der Waals surface area contributed by atoms with E-state index in [0.717, 1.165) is 16.4 Å². The van der Waals surface area contributed by atoms with Gasteiger partial charge in [-0.2, -0.15) is 0 Å². The first kappa shape index (κ1) is 18.2. The number of nitrogens with zero attached hydrogens (tertiary/aromatic N) is 1. The van der Waals surface area contributed by atoms with Crippen molar-refractivity contribution >= 4 is 21.6 Å². The van der Waals surface area contributed by atoms with Crippen LogP contribution in [0.25, 0.3) is 0 Å². The van der Waals surface area contributed by atoms with E-state index in [1.54, 1.807) is 18.2 Å². The van der Waals surface area contributed by atoms with Crippen LogP contribution in [0.4, 0.5) is 10.1 Å². The molecule has 0 unspecified atom stereocenters. The van der Waals surface area contributed by atoms with E-state index in [-0.39, 0.29) is 5.56 Å². The van der Waals surface area contributed by atoms with Crippen molar-refractivity contribution in [3.8, 4) is 11.5 Å². The smallest absolute Gasteiger partial charge is 0.255 e. The van der Waals surface area contributed by atoms with Gasteiger partial charge in [-0.25, -0.2) is 17.1 Å². The van der Waals surface area contributed by atoms with E-state index < -0.39 is 26.6 Å². The molecule has 0 aromatic heterocycles. The molecule has 9 heteroatoms. The maximum Gasteiger partial charge on any atom is 0.255 e. The average Bonchev–Trinajstić information content (AvgIpc) is 2.61. The standard InChI is InChI=1S/C17H17FN2O5S/c1-20(2)26(22,23)16-9-11(3-5-13(16)18)17(21)19-12-4-6-14-15(10-12)25-8-7-24-14/h3-6,9-10H,7-8H2,1-2H3,(H,19,21). The van der Waals surface area contributed by atoms with Crippen molar-refractivity contribution in [3.63, 3.8) is 0 Å². The van der Waals surface area contributed by atoms with E-state index >= 15 is 0 Å². The van der Waals surface area contributed by atoms with Crippen LogP contribution < -0.4 is 14.8 Å². The fourth-order valence-electron chi connectivity index (χ4n) is 2.36. The third-order valence-electron chi connectivity index (χ3n) is 3.75. The summed E-state index contributed by atoms with van der Waals surface area (Å²) in [5.41, 5.74) is 0.460. The van der Waals surface area contributed by atoms with Crippen molar-refractivity contribution in [2.24, 2.45) is 0 Å². The van der Waals surface area contributed by atoms with E-state index in [0.29, 0.717) is 30.4 Å². The normalized spacial score (nSPS) is 13.5. The van der Waals surface area contributed by atoms with Gasteiger partial charge in [0, 0.05) is 31.4 Å². The van der Waals surface area contributed by atoms with E-state index in [1.165, 1.54) is 20.2 Å². The Morgan fingerprint density at radius 1 is 1.08 bits per heavy atom. The van der Waals surface area contributed by atoms with Crippen LogP contribution in [0.15, 0.2) is 41.3 Å². The summed E-state index contributed by atoms with van der Waals surface area (Å²) in [6.07, 6.45) is 0. The van der Waals surface area contributed by atoms with Gasteiger partial charge in [0.05, 0.1) is 0 Å². The number of hydrogen-bond acceptors (Lipinski definition) is 5. The zero-order valence-electron chi connectivity index (χ0n) is 14.2. The van der Waals surface area contributed by atoms with Crippen molar-refractivity contribution in [2.75, 3.05) is 32.6 Å². The molecule has 0 fully saturated rings. The molecule has 2 aromatic carbocycles. The number of rotatable bonds is 4. The molecule has 3 rings (SSSR count). The molecule has 1 N–H and O–H groups in total. The van der Waals surface area contributed by atoms with Crippen LogP contribution >= 0.6 is 0 Å². The number of amides is 1. The van der Waals surface area contributed by atoms with Crippen LogP contribution in [0.2, 0.25) is 0 Å². The highest BCUT2D eigenvalue weighted by Crippen LogP contribution is 2.32. The highest BCUT2D eigenvalue weighted by atomic mass is 32.2. The number of anilines is 1. The van der Waals surface area contributed by atoms with Gasteiger partial charge in [0.25, 0.3) is 5.91 Å². The molecule has 0 bridgehead atoms. The maximum atomic E-state index is 13.9. The Kier molecular flexibility index (Phi) is 4.84. The van der Waals surface area contributed by atoms with Gasteiger partial charge in [0.1, 0.15) is 23.9 Å². The van der Waals surface area contributed by atoms with Crippen LogP contribution in [0.1, 0.15) is 10.4 Å². The van der Waals surface area contributed by atoms with Crippen LogP contribution in [0, 0.1) is 5.82 Å². The van der Waals surface area contributed by atoms with Crippen molar-refractivity contribution in [1.82, 2.24) is 4.31 Å². The summed E-state index contributed by atoms with van der Waals surface area (Å²) >= 11 is 0. The monoisotopic (exact) mass is 380 g/mol. The zero-order chi connectivity index (χ0) is 18.9. The van der Waals surface area contributed by atoms with Crippen LogP contribution in [0.5, 0.6) is 11.5 Å². The van der Waals surface area contributed by atoms with E-state index in [9.17, 15) is 17.6 Å². The molecular weight excluding hydrogens is 363 g/mol. The molecule has 1 heterocycles. The molecule has 7 nitrogen and oxygen atoms in total. The number of hydrogen-bond donors (Lipinski definition) is 1. The largest absolute Gasteiger partial charge is 0.486 e. The van der Waals surface area contributed by atoms with Crippen molar-refractivity contribution in [3.05, 3.63) is 47.8 Å². The predicted octanol–water partition coefficient (Wildman–Crippen LogP) is 2.10. The summed E-state index contributed by atoms with van der Waals surface area (Å²) in [5.74, 6) is -0.411. The number of benzene rings is 2. The second kappa shape index (κ2) is 6.93. The third-order valence-corrected chi connectivity index (χ3v) is 5.58. The first-order valence-corrected chi connectivity index (χ1v) is 9.16. The topological polar surface area (TPSA) is 84.9 Å². The first-order valence-electron chi connectivity index (χ1n) is 7.72. The van der Waals surface area contributed by atoms with E-state index in [4.69, 9.17) is 9.47 Å². The molecule has 138 valence electrons. The number of halogens is 1. The fourth-order valence-corrected chi connectivity index (χ4v) is 3.35. The van der Waals surface area contributed by atoms with E-state index in [1.807, 2.05) is 0 Å². The second-order valence-electron chi connectivity index (χ2n) is 5.75. The molecule has 0 radical (unpaired) electrons. The van der Waals surface area contributed by atoms with Gasteiger partial charge in [0.15, 0.2) is 11.5 Å². The summed E-state index contributed by atoms with van der Waals surface area (Å²) < 4.78 is 50.0. The highest BCUT2D eigenvalue weighted by molar-refractivity contribution is 7.89. The quantitative estimate of drug-likeness (QED) is 0.878. The molecule has 0 spiro atoms. The summed E-state index contributed by atoms with van der Waals surface area (Å²) in [7, 11) is -1.43. The molecule has 0 saturated heterocycles. The number of carbonyl (C=O) groups excluding carboxylic acids is 1. The minimum absolute atomic E-state index is 0.0155. The van der Waals surface area contributed by atoms with Gasteiger partial charge < -0.3 is 14.8 Å². The zero-order valence-corrected chi connectivity index (χ0v) is 15.0. The second-order valence-corrected chi connectivity index (χ2v) is 7.87. The average molecular weight is 380 g/mol. The number of nitrogens with one attached hydrogen (secondary N) is 1. The summed E-state index contributed by atoms with van der Waals surface area (Å²) in [6.45, 7) is 0.867. The minimum Gasteiger partial charge on any atom is -0.486 e. The third kappa shape index (κ3) is 3.49. The molecule has 1 amide bonds. The molecule has 1 aliphatic heterocycles. The highest BCUT2D eigenvalue weighted by Gasteiger charge is 2.23. The van der Waals surface area contributed by atoms with Crippen LogP contribution in [-0.2, 0) is 10.0 Å². The number of ether oxygens (including phenoxy) is 2. The van der Waals surface area contributed by atoms with E-state index in [2.05, 4.69) is 5.32 Å². The van der Waals surface area contributed by atoms with Crippen molar-refractivity contribution in [2.45, 2.75) is 4.90 Å². The molecule has 0 atom stereocenters. The Morgan fingerprint density at radius 2 is 1.77 bits per heavy atom. The molecule has 2 aromatic rings. The van der Waals surface area contributed by atoms with Crippen LogP contribution in [-0.4, -0.2) is 45.9 Å². The fraction of sp³-hybridized carbons (Fsp3) is 0.235. The molecule has 1 aliphatic rings. The number of sulfonamides is 1. The van der Waals surface area contributed by atoms with Gasteiger partial charge in [-0.15, -0.1) is 0 Å². The van der Waals surface area contributed by atoms with Gasteiger partial charge >= 0.3 is 0 Å². The Morgan fingerprint density at radius 3 is 2.46 bits per heavy atom. The Labute approximate surface area is 150 Å². The number of carbonyl (C=O) groups is 1. The predicted molar refractivity (Wildman–Crippen MR) is 92.7 cm³/mol. The summed E-state index contributed by atoms with van der Waals surface area (Å²) in [5, 5.41) is 2.63. The van der Waals surface area contributed by atoms with Crippen LogP contribution in [0.3, 0.4) is 0 Å². The Bertz CT molecular complexity index is 960. The Hall–Kier alpha value is -2.65. The number of fused-ring (bicyclic) bond motifs is 1. The summed E-state index contributed by atoms with van der Waals surface area (Å²) in [6, 6.07) is 8.08. The van der Waals surface area contributed by atoms with Crippen molar-refractivity contribution in [1.29, 1.82) is 0 Å². The molecule has 0 saturated carbocycles. The summed E-state index contributed by atoms with van der Waals surface area (Å²) in [4.78, 5) is 11.9. The lowest BCUT2D eigenvalue weighted by Gasteiger charge is -2.19. The van der Waals surface area contributed by atoms with Crippen molar-refractivity contribution < 1.29 is 27.1 Å². The van der Waals surface area contributed by atoms with Gasteiger partial charge in [0.2, 0.25) is 10.0 Å². The lowest BCUT2D eigenvalue weighted by molar-refractivity contribution is 0.102. The van der Waals surface area contributed by atoms with Gasteiger partial charge in [-0.05, 0) is 30.3 Å². The van der Waals surface area contributed by atoms with Gasteiger partial charge in [-0.1, -0.05) is 0 Å². The molecular formula is C17H17FN2O5S. The SMILES string of the molecule is CN(C)S(=O)(=O)c1cc(C(=O)Nc2ccc3c(c2)OCCO3)ccc1F. The molecule has 0 aliphatic carbocycles. The first-order chi connectivity index (χ1) is 12.3. The lowest BCUT2D eigenvalue weighted by Crippen LogP contribution is -2.24. The molecule has 26 heavy (non-hydrogen) atoms. The van der Waals surface area contributed by atoms with Gasteiger partial charge in [-0.3, -0.25) is 4.79 Å². The lowest BCUT2D eigenvalue weighted by atomic mass is 10.2. The maximum absolute atomic E-state index is 13.9. The minimum atomic E-state index is -4.01. The Balaban J connectivity index is 1.87.